The van der Waals surface area contributed by atoms with Gasteiger partial charge in [-0.15, -0.1) is 0 Å². The molecule has 19 heavy (non-hydrogen) atoms. The van der Waals surface area contributed by atoms with Gasteiger partial charge in [0.1, 0.15) is 0 Å². The molecule has 0 amide bonds. The van der Waals surface area contributed by atoms with Gasteiger partial charge in [-0.3, -0.25) is 4.90 Å². The van der Waals surface area contributed by atoms with Gasteiger partial charge in [-0.25, -0.2) is 0 Å². The maximum atomic E-state index is 2.71. The predicted molar refractivity (Wildman–Crippen MR) is 81.9 cm³/mol. The molecule has 2 fully saturated rings. The van der Waals surface area contributed by atoms with E-state index in [2.05, 4.69) is 48.8 Å². The minimum atomic E-state index is 0.799. The number of hydrogen-bond acceptors (Lipinski definition) is 2. The summed E-state index contributed by atoms with van der Waals surface area (Å²) in [6.45, 7) is 11.9. The Kier molecular flexibility index (Phi) is 3.53. The number of likely N-dealkylation sites (tertiary alicyclic amines) is 1. The lowest BCUT2D eigenvalue weighted by Crippen LogP contribution is -2.61. The Morgan fingerprint density at radius 2 is 1.74 bits per heavy atom. The quantitative estimate of drug-likeness (QED) is 0.803. The molecule has 2 nitrogen and oxygen atoms in total. The molecule has 0 radical (unpaired) electrons. The first-order chi connectivity index (χ1) is 9.15. The standard InChI is InChI=1S/C17H26N2/c1-13-7-9-18(10-8-13)16-11-19(12-16)17-6-4-5-14(2)15(17)3/h4-6,13,16H,7-12H2,1-3H3. The second-order valence-electron chi connectivity index (χ2n) is 6.50. The van der Waals surface area contributed by atoms with E-state index in [-0.39, 0.29) is 0 Å². The van der Waals surface area contributed by atoms with Crippen LogP contribution in [0.25, 0.3) is 0 Å². The number of aryl methyl sites for hydroxylation is 1. The molecule has 2 aliphatic rings. The largest absolute Gasteiger partial charge is 0.368 e. The van der Waals surface area contributed by atoms with Crippen LogP contribution < -0.4 is 4.90 Å². The molecule has 0 aromatic heterocycles. The predicted octanol–water partition coefficient (Wildman–Crippen LogP) is 3.22. The van der Waals surface area contributed by atoms with Crippen LogP contribution >= 0.6 is 0 Å². The van der Waals surface area contributed by atoms with E-state index in [0.717, 1.165) is 12.0 Å². The molecule has 2 aliphatic heterocycles. The van der Waals surface area contributed by atoms with Crippen LogP contribution in [0, 0.1) is 19.8 Å². The normalized spacial score (nSPS) is 22.6. The topological polar surface area (TPSA) is 6.48 Å². The molecule has 2 heteroatoms. The average Bonchev–Trinajstić information content (AvgIpc) is 2.35. The van der Waals surface area contributed by atoms with Crippen molar-refractivity contribution in [2.75, 3.05) is 31.1 Å². The highest BCUT2D eigenvalue weighted by Crippen LogP contribution is 2.30. The Labute approximate surface area is 117 Å². The lowest BCUT2D eigenvalue weighted by atomic mass is 9.95. The van der Waals surface area contributed by atoms with Gasteiger partial charge in [0.05, 0.1) is 0 Å². The van der Waals surface area contributed by atoms with Crippen LogP contribution in [0.1, 0.15) is 30.9 Å². The molecule has 0 aliphatic carbocycles. The van der Waals surface area contributed by atoms with Gasteiger partial charge < -0.3 is 4.90 Å². The van der Waals surface area contributed by atoms with Gasteiger partial charge in [-0.05, 0) is 62.9 Å². The maximum absolute atomic E-state index is 2.71. The molecule has 1 aromatic rings. The highest BCUT2D eigenvalue weighted by atomic mass is 15.3. The number of hydrogen-bond donors (Lipinski definition) is 0. The highest BCUT2D eigenvalue weighted by molar-refractivity contribution is 5.58. The highest BCUT2D eigenvalue weighted by Gasteiger charge is 2.33. The molecule has 2 heterocycles. The van der Waals surface area contributed by atoms with E-state index in [1.807, 2.05) is 0 Å². The van der Waals surface area contributed by atoms with Crippen molar-refractivity contribution in [1.29, 1.82) is 0 Å². The van der Waals surface area contributed by atoms with Crippen molar-refractivity contribution >= 4 is 5.69 Å². The molecule has 0 atom stereocenters. The van der Waals surface area contributed by atoms with Gasteiger partial charge >= 0.3 is 0 Å². The Hall–Kier alpha value is -1.02. The summed E-state index contributed by atoms with van der Waals surface area (Å²) in [4.78, 5) is 5.26. The summed E-state index contributed by atoms with van der Waals surface area (Å²) in [5.74, 6) is 0.937. The fraction of sp³-hybridized carbons (Fsp3) is 0.647. The third-order valence-electron chi connectivity index (χ3n) is 5.11. The Morgan fingerprint density at radius 1 is 1.05 bits per heavy atom. The van der Waals surface area contributed by atoms with Crippen LogP contribution in [0.3, 0.4) is 0 Å². The average molecular weight is 258 g/mol. The molecule has 2 saturated heterocycles. The smallest absolute Gasteiger partial charge is 0.0446 e. The van der Waals surface area contributed by atoms with E-state index in [0.29, 0.717) is 0 Å². The second kappa shape index (κ2) is 5.16. The summed E-state index contributed by atoms with van der Waals surface area (Å²) < 4.78 is 0. The Bertz CT molecular complexity index is 441. The fourth-order valence-electron chi connectivity index (χ4n) is 3.35. The first-order valence-electron chi connectivity index (χ1n) is 7.70. The second-order valence-corrected chi connectivity index (χ2v) is 6.50. The lowest BCUT2D eigenvalue weighted by molar-refractivity contribution is 0.118. The van der Waals surface area contributed by atoms with Gasteiger partial charge in [-0.1, -0.05) is 19.1 Å². The first-order valence-corrected chi connectivity index (χ1v) is 7.70. The number of piperidine rings is 1. The zero-order chi connectivity index (χ0) is 13.4. The number of benzene rings is 1. The van der Waals surface area contributed by atoms with Crippen molar-refractivity contribution < 1.29 is 0 Å². The molecule has 3 rings (SSSR count). The van der Waals surface area contributed by atoms with Crippen LogP contribution in [-0.2, 0) is 0 Å². The molecule has 0 bridgehead atoms. The minimum Gasteiger partial charge on any atom is -0.368 e. The van der Waals surface area contributed by atoms with Crippen LogP contribution in [0.2, 0.25) is 0 Å². The summed E-state index contributed by atoms with van der Waals surface area (Å²) in [5, 5.41) is 0. The fourth-order valence-corrected chi connectivity index (χ4v) is 3.35. The Morgan fingerprint density at radius 3 is 2.42 bits per heavy atom. The van der Waals surface area contributed by atoms with E-state index < -0.39 is 0 Å². The van der Waals surface area contributed by atoms with E-state index in [4.69, 9.17) is 0 Å². The van der Waals surface area contributed by atoms with E-state index in [9.17, 15) is 0 Å². The van der Waals surface area contributed by atoms with E-state index in [1.54, 1.807) is 0 Å². The zero-order valence-corrected chi connectivity index (χ0v) is 12.5. The zero-order valence-electron chi connectivity index (χ0n) is 12.5. The Balaban J connectivity index is 1.59. The number of rotatable bonds is 2. The van der Waals surface area contributed by atoms with Crippen molar-refractivity contribution in [2.45, 2.75) is 39.7 Å². The molecule has 0 spiro atoms. The summed E-state index contributed by atoms with van der Waals surface area (Å²) in [6.07, 6.45) is 2.78. The van der Waals surface area contributed by atoms with Crippen LogP contribution in [0.5, 0.6) is 0 Å². The van der Waals surface area contributed by atoms with Crippen molar-refractivity contribution in [3.05, 3.63) is 29.3 Å². The molecular formula is C17H26N2. The monoisotopic (exact) mass is 258 g/mol. The molecular weight excluding hydrogens is 232 g/mol. The van der Waals surface area contributed by atoms with Crippen molar-refractivity contribution in [2.24, 2.45) is 5.92 Å². The lowest BCUT2D eigenvalue weighted by Gasteiger charge is -2.49. The van der Waals surface area contributed by atoms with E-state index >= 15 is 0 Å². The van der Waals surface area contributed by atoms with Gasteiger partial charge in [0.2, 0.25) is 0 Å². The first kappa shape index (κ1) is 13.0. The number of nitrogens with zero attached hydrogens (tertiary/aromatic N) is 2. The van der Waals surface area contributed by atoms with Crippen molar-refractivity contribution in [3.63, 3.8) is 0 Å². The summed E-state index contributed by atoms with van der Waals surface area (Å²) in [6, 6.07) is 7.47. The number of anilines is 1. The molecule has 104 valence electrons. The molecule has 1 aromatic carbocycles. The minimum absolute atomic E-state index is 0.799. The van der Waals surface area contributed by atoms with Crippen molar-refractivity contribution in [3.8, 4) is 0 Å². The molecule has 0 saturated carbocycles. The van der Waals surface area contributed by atoms with Crippen LogP contribution in [-0.4, -0.2) is 37.1 Å². The molecule has 0 N–H and O–H groups in total. The molecule has 0 unspecified atom stereocenters. The summed E-state index contributed by atoms with van der Waals surface area (Å²) >= 11 is 0. The summed E-state index contributed by atoms with van der Waals surface area (Å²) in [5.41, 5.74) is 4.31. The summed E-state index contributed by atoms with van der Waals surface area (Å²) in [7, 11) is 0. The van der Waals surface area contributed by atoms with Gasteiger partial charge in [-0.2, -0.15) is 0 Å². The van der Waals surface area contributed by atoms with Crippen LogP contribution in [0.15, 0.2) is 18.2 Å². The maximum Gasteiger partial charge on any atom is 0.0446 e. The van der Waals surface area contributed by atoms with E-state index in [1.165, 1.54) is 55.8 Å². The van der Waals surface area contributed by atoms with Gasteiger partial charge in [0.15, 0.2) is 0 Å². The van der Waals surface area contributed by atoms with Crippen molar-refractivity contribution in [1.82, 2.24) is 4.90 Å². The third kappa shape index (κ3) is 2.51. The van der Waals surface area contributed by atoms with Gasteiger partial charge in [0, 0.05) is 24.8 Å². The van der Waals surface area contributed by atoms with Gasteiger partial charge in [0.25, 0.3) is 0 Å². The third-order valence-corrected chi connectivity index (χ3v) is 5.11. The SMILES string of the molecule is Cc1cccc(N2CC(N3CCC(C)CC3)C2)c1C. The van der Waals surface area contributed by atoms with Crippen LogP contribution in [0.4, 0.5) is 5.69 Å².